The van der Waals surface area contributed by atoms with E-state index in [4.69, 9.17) is 39.5 Å². The van der Waals surface area contributed by atoms with Gasteiger partial charge in [-0.2, -0.15) is 0 Å². The van der Waals surface area contributed by atoms with Gasteiger partial charge in [0.25, 0.3) is 0 Å². The average molecular weight is 394 g/mol. The van der Waals surface area contributed by atoms with Crippen LogP contribution in [0.15, 0.2) is 60.7 Å². The van der Waals surface area contributed by atoms with Crippen molar-refractivity contribution in [3.8, 4) is 16.9 Å². The first-order valence-corrected chi connectivity index (χ1v) is 8.69. The fourth-order valence-corrected chi connectivity index (χ4v) is 3.40. The van der Waals surface area contributed by atoms with Crippen molar-refractivity contribution in [1.82, 2.24) is 0 Å². The molecule has 128 valence electrons. The summed E-state index contributed by atoms with van der Waals surface area (Å²) in [6.07, 6.45) is -0.850. The number of benzene rings is 3. The Morgan fingerprint density at radius 2 is 1.44 bits per heavy atom. The average Bonchev–Trinajstić information content (AvgIpc) is 2.60. The van der Waals surface area contributed by atoms with Crippen LogP contribution in [0.5, 0.6) is 5.75 Å². The van der Waals surface area contributed by atoms with Crippen molar-refractivity contribution >= 4 is 34.8 Å². The van der Waals surface area contributed by atoms with Gasteiger partial charge < -0.3 is 9.84 Å². The SMILES string of the molecule is COc1ccc(C(O)c2cc(Cl)ccc2-c2cc(Cl)cc(Cl)c2)cc1. The number of aliphatic hydroxyl groups excluding tert-OH is 1. The topological polar surface area (TPSA) is 29.5 Å². The molecule has 0 bridgehead atoms. The third kappa shape index (κ3) is 4.10. The minimum Gasteiger partial charge on any atom is -0.497 e. The number of hydrogen-bond donors (Lipinski definition) is 1. The van der Waals surface area contributed by atoms with Crippen molar-refractivity contribution in [2.75, 3.05) is 7.11 Å². The lowest BCUT2D eigenvalue weighted by Crippen LogP contribution is -2.02. The van der Waals surface area contributed by atoms with Gasteiger partial charge in [0.15, 0.2) is 0 Å². The number of ether oxygens (including phenoxy) is 1. The van der Waals surface area contributed by atoms with Gasteiger partial charge in [0, 0.05) is 15.1 Å². The Labute approximate surface area is 161 Å². The zero-order valence-corrected chi connectivity index (χ0v) is 15.6. The van der Waals surface area contributed by atoms with Gasteiger partial charge in [0.2, 0.25) is 0 Å². The van der Waals surface area contributed by atoms with Crippen LogP contribution in [0.4, 0.5) is 0 Å². The van der Waals surface area contributed by atoms with E-state index < -0.39 is 6.10 Å². The fourth-order valence-electron chi connectivity index (χ4n) is 2.70. The molecule has 0 amide bonds. The minimum atomic E-state index is -0.850. The van der Waals surface area contributed by atoms with Crippen LogP contribution in [0.2, 0.25) is 15.1 Å². The van der Waals surface area contributed by atoms with Crippen LogP contribution >= 0.6 is 34.8 Å². The molecular weight excluding hydrogens is 379 g/mol. The lowest BCUT2D eigenvalue weighted by atomic mass is 9.93. The van der Waals surface area contributed by atoms with Crippen LogP contribution in [-0.4, -0.2) is 12.2 Å². The smallest absolute Gasteiger partial charge is 0.118 e. The summed E-state index contributed by atoms with van der Waals surface area (Å²) in [5.41, 5.74) is 3.04. The Kier molecular flexibility index (Phi) is 5.55. The molecule has 1 unspecified atom stereocenters. The van der Waals surface area contributed by atoms with Crippen LogP contribution < -0.4 is 4.74 Å². The zero-order chi connectivity index (χ0) is 18.0. The lowest BCUT2D eigenvalue weighted by Gasteiger charge is -2.17. The molecule has 0 spiro atoms. The molecule has 0 heterocycles. The Balaban J connectivity index is 2.09. The largest absolute Gasteiger partial charge is 0.497 e. The molecule has 5 heteroatoms. The third-order valence-electron chi connectivity index (χ3n) is 3.91. The monoisotopic (exact) mass is 392 g/mol. The maximum atomic E-state index is 10.9. The molecule has 1 N–H and O–H groups in total. The van der Waals surface area contributed by atoms with E-state index in [0.29, 0.717) is 20.6 Å². The molecule has 0 aliphatic heterocycles. The first-order chi connectivity index (χ1) is 12.0. The van der Waals surface area contributed by atoms with E-state index in [0.717, 1.165) is 22.4 Å². The lowest BCUT2D eigenvalue weighted by molar-refractivity contribution is 0.221. The minimum absolute atomic E-state index is 0.530. The Bertz CT molecular complexity index is 872. The van der Waals surface area contributed by atoms with Gasteiger partial charge >= 0.3 is 0 Å². The van der Waals surface area contributed by atoms with Crippen LogP contribution in [0, 0.1) is 0 Å². The molecule has 0 fully saturated rings. The number of aliphatic hydroxyl groups is 1. The molecule has 2 nitrogen and oxygen atoms in total. The molecule has 1 atom stereocenters. The highest BCUT2D eigenvalue weighted by Crippen LogP contribution is 2.36. The highest BCUT2D eigenvalue weighted by molar-refractivity contribution is 6.35. The van der Waals surface area contributed by atoms with Crippen molar-refractivity contribution in [2.45, 2.75) is 6.10 Å². The number of methoxy groups -OCH3 is 1. The maximum Gasteiger partial charge on any atom is 0.118 e. The molecule has 0 aromatic heterocycles. The second-order valence-electron chi connectivity index (χ2n) is 5.57. The van der Waals surface area contributed by atoms with E-state index in [-0.39, 0.29) is 0 Å². The summed E-state index contributed by atoms with van der Waals surface area (Å²) in [7, 11) is 1.60. The molecule has 0 aliphatic carbocycles. The zero-order valence-electron chi connectivity index (χ0n) is 13.3. The van der Waals surface area contributed by atoms with Gasteiger partial charge in [-0.05, 0) is 64.7 Å². The quantitative estimate of drug-likeness (QED) is 0.555. The Hall–Kier alpha value is -1.71. The summed E-state index contributed by atoms with van der Waals surface area (Å²) in [5, 5.41) is 12.5. The van der Waals surface area contributed by atoms with Crippen molar-refractivity contribution in [2.24, 2.45) is 0 Å². The molecule has 3 aromatic carbocycles. The van der Waals surface area contributed by atoms with E-state index in [9.17, 15) is 5.11 Å². The fraction of sp³-hybridized carbons (Fsp3) is 0.100. The molecule has 0 saturated heterocycles. The Morgan fingerprint density at radius 3 is 2.04 bits per heavy atom. The van der Waals surface area contributed by atoms with Crippen LogP contribution in [0.3, 0.4) is 0 Å². The van der Waals surface area contributed by atoms with Crippen molar-refractivity contribution in [1.29, 1.82) is 0 Å². The van der Waals surface area contributed by atoms with Gasteiger partial charge in [-0.25, -0.2) is 0 Å². The Morgan fingerprint density at radius 1 is 0.800 bits per heavy atom. The van der Waals surface area contributed by atoms with E-state index >= 15 is 0 Å². The second-order valence-corrected chi connectivity index (χ2v) is 6.87. The van der Waals surface area contributed by atoms with Crippen molar-refractivity contribution in [3.05, 3.63) is 86.9 Å². The highest BCUT2D eigenvalue weighted by atomic mass is 35.5. The first-order valence-electron chi connectivity index (χ1n) is 7.56. The normalized spacial score (nSPS) is 12.0. The highest BCUT2D eigenvalue weighted by Gasteiger charge is 2.17. The number of hydrogen-bond acceptors (Lipinski definition) is 2. The third-order valence-corrected chi connectivity index (χ3v) is 4.58. The number of halogens is 3. The van der Waals surface area contributed by atoms with E-state index in [2.05, 4.69) is 0 Å². The van der Waals surface area contributed by atoms with Crippen LogP contribution in [0.1, 0.15) is 17.2 Å². The van der Waals surface area contributed by atoms with Crippen LogP contribution in [0.25, 0.3) is 11.1 Å². The second kappa shape index (κ2) is 7.67. The standard InChI is InChI=1S/C20H15Cl3O2/c1-25-17-5-2-12(3-6-17)20(24)19-11-14(21)4-7-18(19)13-8-15(22)10-16(23)9-13/h2-11,20,24H,1H3. The molecule has 0 saturated carbocycles. The summed E-state index contributed by atoms with van der Waals surface area (Å²) in [6.45, 7) is 0. The van der Waals surface area contributed by atoms with Crippen molar-refractivity contribution < 1.29 is 9.84 Å². The molecule has 3 rings (SSSR count). The molecular formula is C20H15Cl3O2. The molecule has 0 radical (unpaired) electrons. The summed E-state index contributed by atoms with van der Waals surface area (Å²) in [6, 6.07) is 17.9. The van der Waals surface area contributed by atoms with Gasteiger partial charge in [0.05, 0.1) is 7.11 Å². The molecule has 3 aromatic rings. The number of rotatable bonds is 4. The van der Waals surface area contributed by atoms with E-state index in [1.54, 1.807) is 49.6 Å². The van der Waals surface area contributed by atoms with E-state index in [1.807, 2.05) is 18.2 Å². The van der Waals surface area contributed by atoms with Gasteiger partial charge in [-0.15, -0.1) is 0 Å². The van der Waals surface area contributed by atoms with Gasteiger partial charge in [0.1, 0.15) is 11.9 Å². The summed E-state index contributed by atoms with van der Waals surface area (Å²) in [4.78, 5) is 0. The first kappa shape index (κ1) is 18.1. The van der Waals surface area contributed by atoms with Gasteiger partial charge in [-0.3, -0.25) is 0 Å². The predicted octanol–water partition coefficient (Wildman–Crippen LogP) is 6.40. The van der Waals surface area contributed by atoms with E-state index in [1.165, 1.54) is 0 Å². The van der Waals surface area contributed by atoms with Crippen LogP contribution in [-0.2, 0) is 0 Å². The summed E-state index contributed by atoms with van der Waals surface area (Å²) in [5.74, 6) is 0.726. The predicted molar refractivity (Wildman–Crippen MR) is 104 cm³/mol. The molecule has 25 heavy (non-hydrogen) atoms. The summed E-state index contributed by atoms with van der Waals surface area (Å²) < 4.78 is 5.16. The summed E-state index contributed by atoms with van der Waals surface area (Å²) >= 11 is 18.4. The van der Waals surface area contributed by atoms with Crippen molar-refractivity contribution in [3.63, 3.8) is 0 Å². The maximum absolute atomic E-state index is 10.9. The van der Waals surface area contributed by atoms with Gasteiger partial charge in [-0.1, -0.05) is 53.0 Å². The molecule has 0 aliphatic rings.